The van der Waals surface area contributed by atoms with Gasteiger partial charge in [-0.25, -0.2) is 14.3 Å². The predicted molar refractivity (Wildman–Crippen MR) is 109 cm³/mol. The molecule has 2 heterocycles. The molecule has 2 aromatic carbocycles. The summed E-state index contributed by atoms with van der Waals surface area (Å²) < 4.78 is 18.3. The van der Waals surface area contributed by atoms with Gasteiger partial charge in [0.25, 0.3) is 11.8 Å². The number of amides is 2. The van der Waals surface area contributed by atoms with Gasteiger partial charge in [-0.2, -0.15) is 0 Å². The minimum absolute atomic E-state index is 0.302. The van der Waals surface area contributed by atoms with Crippen LogP contribution in [0, 0.1) is 12.7 Å². The van der Waals surface area contributed by atoms with Crippen molar-refractivity contribution in [3.63, 3.8) is 0 Å². The Kier molecular flexibility index (Phi) is 5.07. The van der Waals surface area contributed by atoms with E-state index in [1.807, 2.05) is 0 Å². The molecule has 1 aromatic heterocycles. The first kappa shape index (κ1) is 19.1. The lowest BCUT2D eigenvalue weighted by Gasteiger charge is -2.14. The number of aromatic nitrogens is 1. The van der Waals surface area contributed by atoms with Gasteiger partial charge in [0.2, 0.25) is 0 Å². The highest BCUT2D eigenvalue weighted by molar-refractivity contribution is 7.98. The van der Waals surface area contributed by atoms with E-state index in [0.717, 1.165) is 10.5 Å². The SMILES string of the molecule is COc1ccc(N2C(=O)c3cc(C)nc(SCc4ccc(F)cc4)c3C2=O)cc1. The highest BCUT2D eigenvalue weighted by Crippen LogP contribution is 2.35. The first-order chi connectivity index (χ1) is 14.0. The maximum absolute atomic E-state index is 13.1. The predicted octanol–water partition coefficient (Wildman–Crippen LogP) is 4.63. The molecule has 146 valence electrons. The van der Waals surface area contributed by atoms with Crippen molar-refractivity contribution in [1.29, 1.82) is 0 Å². The molecule has 1 aliphatic heterocycles. The quantitative estimate of drug-likeness (QED) is 0.455. The minimum Gasteiger partial charge on any atom is -0.497 e. The Balaban J connectivity index is 1.66. The van der Waals surface area contributed by atoms with E-state index >= 15 is 0 Å². The standard InChI is InChI=1S/C22H17FN2O3S/c1-13-11-18-19(20(24-13)29-12-14-3-5-15(23)6-4-14)22(27)25(21(18)26)16-7-9-17(28-2)10-8-16/h3-11H,12H2,1-2H3. The number of ether oxygens (including phenoxy) is 1. The molecule has 2 amide bonds. The summed E-state index contributed by atoms with van der Waals surface area (Å²) in [6.45, 7) is 1.79. The Hall–Kier alpha value is -3.19. The van der Waals surface area contributed by atoms with E-state index in [2.05, 4.69) is 4.98 Å². The molecule has 1 aliphatic rings. The summed E-state index contributed by atoms with van der Waals surface area (Å²) in [5.74, 6) is 0.0731. The fourth-order valence-electron chi connectivity index (χ4n) is 3.15. The number of methoxy groups -OCH3 is 1. The lowest BCUT2D eigenvalue weighted by atomic mass is 10.1. The molecule has 0 aliphatic carbocycles. The van der Waals surface area contributed by atoms with Gasteiger partial charge in [-0.15, -0.1) is 11.8 Å². The van der Waals surface area contributed by atoms with Crippen LogP contribution >= 0.6 is 11.8 Å². The zero-order valence-corrected chi connectivity index (χ0v) is 16.6. The third kappa shape index (κ3) is 3.61. The molecule has 0 spiro atoms. The minimum atomic E-state index is -0.399. The lowest BCUT2D eigenvalue weighted by Crippen LogP contribution is -2.29. The zero-order chi connectivity index (χ0) is 20.5. The van der Waals surface area contributed by atoms with Crippen LogP contribution in [0.5, 0.6) is 5.75 Å². The summed E-state index contributed by atoms with van der Waals surface area (Å²) >= 11 is 1.35. The number of carbonyl (C=O) groups excluding carboxylic acids is 2. The Morgan fingerprint density at radius 2 is 1.72 bits per heavy atom. The van der Waals surface area contributed by atoms with E-state index in [-0.39, 0.29) is 11.7 Å². The topological polar surface area (TPSA) is 59.5 Å². The average Bonchev–Trinajstić information content (AvgIpc) is 2.97. The van der Waals surface area contributed by atoms with Crippen molar-refractivity contribution in [3.8, 4) is 5.75 Å². The van der Waals surface area contributed by atoms with E-state index in [4.69, 9.17) is 4.74 Å². The molecule has 0 atom stereocenters. The number of hydrogen-bond donors (Lipinski definition) is 0. The van der Waals surface area contributed by atoms with Crippen molar-refractivity contribution in [2.75, 3.05) is 12.0 Å². The molecular weight excluding hydrogens is 391 g/mol. The fourth-order valence-corrected chi connectivity index (χ4v) is 4.19. The second-order valence-corrected chi connectivity index (χ2v) is 7.51. The average molecular weight is 408 g/mol. The van der Waals surface area contributed by atoms with E-state index in [9.17, 15) is 14.0 Å². The van der Waals surface area contributed by atoms with E-state index in [1.165, 1.54) is 23.9 Å². The van der Waals surface area contributed by atoms with Crippen LogP contribution in [0.15, 0.2) is 59.6 Å². The van der Waals surface area contributed by atoms with Crippen molar-refractivity contribution in [2.24, 2.45) is 0 Å². The second kappa shape index (κ2) is 7.67. The van der Waals surface area contributed by atoms with Gasteiger partial charge < -0.3 is 4.74 Å². The first-order valence-corrected chi connectivity index (χ1v) is 9.88. The van der Waals surface area contributed by atoms with Crippen molar-refractivity contribution in [1.82, 2.24) is 4.98 Å². The van der Waals surface area contributed by atoms with Gasteiger partial charge in [0.1, 0.15) is 16.6 Å². The van der Waals surface area contributed by atoms with Gasteiger partial charge in [-0.1, -0.05) is 12.1 Å². The number of nitrogens with zero attached hydrogens (tertiary/aromatic N) is 2. The van der Waals surface area contributed by atoms with E-state index < -0.39 is 5.91 Å². The monoisotopic (exact) mass is 408 g/mol. The van der Waals surface area contributed by atoms with E-state index in [0.29, 0.717) is 39.0 Å². The van der Waals surface area contributed by atoms with Gasteiger partial charge in [-0.3, -0.25) is 9.59 Å². The number of aryl methyl sites for hydroxylation is 1. The molecule has 4 rings (SSSR count). The van der Waals surface area contributed by atoms with Crippen molar-refractivity contribution >= 4 is 29.3 Å². The van der Waals surface area contributed by atoms with Crippen molar-refractivity contribution < 1.29 is 18.7 Å². The van der Waals surface area contributed by atoms with Crippen LogP contribution < -0.4 is 9.64 Å². The molecule has 0 bridgehead atoms. The smallest absolute Gasteiger partial charge is 0.268 e. The summed E-state index contributed by atoms with van der Waals surface area (Å²) in [4.78, 5) is 31.7. The number of halogens is 1. The Bertz CT molecular complexity index is 1100. The normalized spacial score (nSPS) is 13.0. The van der Waals surface area contributed by atoms with Crippen molar-refractivity contribution in [3.05, 3.63) is 82.8 Å². The molecule has 5 nitrogen and oxygen atoms in total. The highest BCUT2D eigenvalue weighted by Gasteiger charge is 2.39. The molecule has 29 heavy (non-hydrogen) atoms. The molecular formula is C22H17FN2O3S. The van der Waals surface area contributed by atoms with Gasteiger partial charge in [-0.05, 0) is 55.0 Å². The second-order valence-electron chi connectivity index (χ2n) is 6.55. The molecule has 0 saturated carbocycles. The summed E-state index contributed by atoms with van der Waals surface area (Å²) in [6.07, 6.45) is 0. The maximum Gasteiger partial charge on any atom is 0.268 e. The van der Waals surface area contributed by atoms with Gasteiger partial charge in [0.15, 0.2) is 0 Å². The number of carbonyl (C=O) groups is 2. The molecule has 3 aromatic rings. The number of hydrogen-bond acceptors (Lipinski definition) is 5. The molecule has 0 fully saturated rings. The molecule has 0 N–H and O–H groups in total. The number of rotatable bonds is 5. The van der Waals surface area contributed by atoms with Crippen LogP contribution in [-0.4, -0.2) is 23.9 Å². The first-order valence-electron chi connectivity index (χ1n) is 8.89. The molecule has 0 radical (unpaired) electrons. The number of anilines is 1. The summed E-state index contributed by atoms with van der Waals surface area (Å²) in [7, 11) is 1.55. The fraction of sp³-hybridized carbons (Fsp3) is 0.136. The Labute approximate surface area is 171 Å². The van der Waals surface area contributed by atoms with Crippen LogP contribution in [0.3, 0.4) is 0 Å². The largest absolute Gasteiger partial charge is 0.497 e. The molecule has 7 heteroatoms. The zero-order valence-electron chi connectivity index (χ0n) is 15.8. The van der Waals surface area contributed by atoms with Crippen LogP contribution in [0.2, 0.25) is 0 Å². The van der Waals surface area contributed by atoms with Crippen molar-refractivity contribution in [2.45, 2.75) is 17.7 Å². The third-order valence-electron chi connectivity index (χ3n) is 4.58. The van der Waals surface area contributed by atoms with Gasteiger partial charge in [0, 0.05) is 11.4 Å². The van der Waals surface area contributed by atoms with Gasteiger partial charge >= 0.3 is 0 Å². The Morgan fingerprint density at radius 3 is 2.38 bits per heavy atom. The maximum atomic E-state index is 13.1. The highest BCUT2D eigenvalue weighted by atomic mass is 32.2. The van der Waals surface area contributed by atoms with Crippen LogP contribution in [-0.2, 0) is 5.75 Å². The number of thioether (sulfide) groups is 1. The van der Waals surface area contributed by atoms with Crippen LogP contribution in [0.1, 0.15) is 32.0 Å². The molecule has 0 unspecified atom stereocenters. The number of benzene rings is 2. The number of imide groups is 1. The van der Waals surface area contributed by atoms with Crippen LogP contribution in [0.25, 0.3) is 0 Å². The van der Waals surface area contributed by atoms with Gasteiger partial charge in [0.05, 0.1) is 23.9 Å². The number of pyridine rings is 1. The van der Waals surface area contributed by atoms with E-state index in [1.54, 1.807) is 56.5 Å². The summed E-state index contributed by atoms with van der Waals surface area (Å²) in [5, 5.41) is 0.499. The summed E-state index contributed by atoms with van der Waals surface area (Å²) in [6, 6.07) is 14.6. The molecule has 0 saturated heterocycles. The number of fused-ring (bicyclic) bond motifs is 1. The summed E-state index contributed by atoms with van der Waals surface area (Å²) in [5.41, 5.74) is 2.69. The lowest BCUT2D eigenvalue weighted by molar-refractivity contribution is 0.0925. The third-order valence-corrected chi connectivity index (χ3v) is 5.63. The Morgan fingerprint density at radius 1 is 1.03 bits per heavy atom. The van der Waals surface area contributed by atoms with Crippen LogP contribution in [0.4, 0.5) is 10.1 Å².